The van der Waals surface area contributed by atoms with Crippen LogP contribution in [0.4, 0.5) is 0 Å². The second kappa shape index (κ2) is 4.51. The Morgan fingerprint density at radius 1 is 1.47 bits per heavy atom. The molecule has 0 heterocycles. The average Bonchev–Trinajstić information content (AvgIpc) is 2.99. The summed E-state index contributed by atoms with van der Waals surface area (Å²) in [6, 6.07) is 8.37. The smallest absolute Gasteiger partial charge is 0.309 e. The van der Waals surface area contributed by atoms with E-state index in [-0.39, 0.29) is 11.9 Å². The number of carbonyl (C=O) groups is 1. The van der Waals surface area contributed by atoms with Crippen molar-refractivity contribution in [2.24, 2.45) is 5.92 Å². The Bertz CT molecular complexity index is 358. The van der Waals surface area contributed by atoms with Gasteiger partial charge in [0.1, 0.15) is 0 Å². The van der Waals surface area contributed by atoms with Gasteiger partial charge in [-0.05, 0) is 59.5 Å². The molecule has 2 rings (SSSR count). The molecule has 1 aromatic rings. The van der Waals surface area contributed by atoms with E-state index in [1.165, 1.54) is 9.13 Å². The minimum absolute atomic E-state index is 0.0407. The standard InChI is InChI=1S/C12H13IO2/c1-2-15-12(14)11-7-10(11)8-3-5-9(13)6-4-8/h3-6,10-11H,2,7H2,1H3. The Morgan fingerprint density at radius 3 is 2.73 bits per heavy atom. The summed E-state index contributed by atoms with van der Waals surface area (Å²) in [5.41, 5.74) is 1.26. The van der Waals surface area contributed by atoms with E-state index in [2.05, 4.69) is 46.9 Å². The van der Waals surface area contributed by atoms with E-state index in [1.807, 2.05) is 6.92 Å². The molecule has 1 aliphatic carbocycles. The van der Waals surface area contributed by atoms with E-state index in [9.17, 15) is 4.79 Å². The third kappa shape index (κ3) is 2.51. The van der Waals surface area contributed by atoms with Crippen molar-refractivity contribution in [2.45, 2.75) is 19.3 Å². The molecule has 0 radical (unpaired) electrons. The Hall–Kier alpha value is -0.580. The molecule has 2 unspecified atom stereocenters. The highest BCUT2D eigenvalue weighted by atomic mass is 127. The van der Waals surface area contributed by atoms with Gasteiger partial charge in [-0.1, -0.05) is 12.1 Å². The van der Waals surface area contributed by atoms with E-state index in [4.69, 9.17) is 4.74 Å². The third-order valence-corrected chi connectivity index (χ3v) is 3.40. The molecule has 1 aromatic carbocycles. The van der Waals surface area contributed by atoms with Crippen LogP contribution in [0, 0.1) is 9.49 Å². The molecule has 0 aromatic heterocycles. The Balaban J connectivity index is 1.98. The summed E-state index contributed by atoms with van der Waals surface area (Å²) in [6.45, 7) is 2.33. The highest BCUT2D eigenvalue weighted by Crippen LogP contribution is 2.48. The van der Waals surface area contributed by atoms with Crippen LogP contribution in [0.3, 0.4) is 0 Å². The van der Waals surface area contributed by atoms with Crippen LogP contribution in [0.15, 0.2) is 24.3 Å². The lowest BCUT2D eigenvalue weighted by Crippen LogP contribution is -2.07. The van der Waals surface area contributed by atoms with Gasteiger partial charge in [0.15, 0.2) is 0 Å². The van der Waals surface area contributed by atoms with E-state index in [0.717, 1.165) is 6.42 Å². The minimum Gasteiger partial charge on any atom is -0.466 e. The van der Waals surface area contributed by atoms with Crippen LogP contribution in [-0.4, -0.2) is 12.6 Å². The first-order chi connectivity index (χ1) is 7.22. The van der Waals surface area contributed by atoms with Crippen molar-refractivity contribution in [1.29, 1.82) is 0 Å². The molecular weight excluding hydrogens is 303 g/mol. The molecule has 1 saturated carbocycles. The molecule has 0 amide bonds. The molecule has 3 heteroatoms. The van der Waals surface area contributed by atoms with Gasteiger partial charge in [0.05, 0.1) is 12.5 Å². The molecule has 0 N–H and O–H groups in total. The van der Waals surface area contributed by atoms with Crippen molar-refractivity contribution >= 4 is 28.6 Å². The van der Waals surface area contributed by atoms with E-state index < -0.39 is 0 Å². The van der Waals surface area contributed by atoms with Crippen molar-refractivity contribution in [1.82, 2.24) is 0 Å². The zero-order valence-corrected chi connectivity index (χ0v) is 10.7. The lowest BCUT2D eigenvalue weighted by molar-refractivity contribution is -0.144. The summed E-state index contributed by atoms with van der Waals surface area (Å²) in [6.07, 6.45) is 0.944. The number of hydrogen-bond acceptors (Lipinski definition) is 2. The molecule has 2 atom stereocenters. The van der Waals surface area contributed by atoms with Crippen LogP contribution in [0.25, 0.3) is 0 Å². The number of halogens is 1. The molecule has 2 nitrogen and oxygen atoms in total. The molecular formula is C12H13IO2. The summed E-state index contributed by atoms with van der Waals surface area (Å²) in [5, 5.41) is 0. The van der Waals surface area contributed by atoms with Gasteiger partial charge in [0, 0.05) is 3.57 Å². The normalized spacial score (nSPS) is 23.6. The van der Waals surface area contributed by atoms with Crippen LogP contribution in [0.5, 0.6) is 0 Å². The van der Waals surface area contributed by atoms with Gasteiger partial charge < -0.3 is 4.74 Å². The molecule has 1 aliphatic rings. The fourth-order valence-electron chi connectivity index (χ4n) is 1.78. The van der Waals surface area contributed by atoms with Crippen LogP contribution >= 0.6 is 22.6 Å². The quantitative estimate of drug-likeness (QED) is 0.633. The molecule has 15 heavy (non-hydrogen) atoms. The van der Waals surface area contributed by atoms with Gasteiger partial charge in [-0.3, -0.25) is 4.79 Å². The Labute approximate surface area is 103 Å². The summed E-state index contributed by atoms with van der Waals surface area (Å²) in [5.74, 6) is 0.451. The third-order valence-electron chi connectivity index (χ3n) is 2.68. The first-order valence-electron chi connectivity index (χ1n) is 5.14. The summed E-state index contributed by atoms with van der Waals surface area (Å²) in [7, 11) is 0. The molecule has 0 spiro atoms. The summed E-state index contributed by atoms with van der Waals surface area (Å²) in [4.78, 5) is 11.4. The fraction of sp³-hybridized carbons (Fsp3) is 0.417. The predicted octanol–water partition coefficient (Wildman–Crippen LogP) is 2.96. The zero-order chi connectivity index (χ0) is 10.8. The van der Waals surface area contributed by atoms with E-state index >= 15 is 0 Å². The van der Waals surface area contributed by atoms with Crippen molar-refractivity contribution in [2.75, 3.05) is 6.61 Å². The lowest BCUT2D eigenvalue weighted by Gasteiger charge is -2.01. The van der Waals surface area contributed by atoms with Gasteiger partial charge in [0.2, 0.25) is 0 Å². The van der Waals surface area contributed by atoms with Crippen LogP contribution in [-0.2, 0) is 9.53 Å². The van der Waals surface area contributed by atoms with Crippen molar-refractivity contribution < 1.29 is 9.53 Å². The zero-order valence-electron chi connectivity index (χ0n) is 8.57. The molecule has 1 fully saturated rings. The highest BCUT2D eigenvalue weighted by Gasteiger charge is 2.44. The van der Waals surface area contributed by atoms with Crippen molar-refractivity contribution in [3.8, 4) is 0 Å². The number of hydrogen-bond donors (Lipinski definition) is 0. The van der Waals surface area contributed by atoms with E-state index in [0.29, 0.717) is 12.5 Å². The number of carbonyl (C=O) groups excluding carboxylic acids is 1. The lowest BCUT2D eigenvalue weighted by atomic mass is 10.1. The minimum atomic E-state index is -0.0407. The maximum Gasteiger partial charge on any atom is 0.309 e. The molecule has 0 bridgehead atoms. The molecule has 80 valence electrons. The second-order valence-corrected chi connectivity index (χ2v) is 5.00. The van der Waals surface area contributed by atoms with Crippen LogP contribution in [0.1, 0.15) is 24.8 Å². The maximum absolute atomic E-state index is 11.4. The first-order valence-corrected chi connectivity index (χ1v) is 6.22. The van der Waals surface area contributed by atoms with Gasteiger partial charge >= 0.3 is 5.97 Å². The molecule has 0 aliphatic heterocycles. The van der Waals surface area contributed by atoms with Crippen molar-refractivity contribution in [3.63, 3.8) is 0 Å². The Kier molecular flexibility index (Phi) is 3.29. The largest absolute Gasteiger partial charge is 0.466 e. The number of esters is 1. The monoisotopic (exact) mass is 316 g/mol. The van der Waals surface area contributed by atoms with Crippen LogP contribution in [0.2, 0.25) is 0 Å². The Morgan fingerprint density at radius 2 is 2.13 bits per heavy atom. The first kappa shape index (κ1) is 10.9. The molecule has 0 saturated heterocycles. The predicted molar refractivity (Wildman–Crippen MR) is 66.6 cm³/mol. The number of rotatable bonds is 3. The average molecular weight is 316 g/mol. The summed E-state index contributed by atoms with van der Waals surface area (Å²) < 4.78 is 6.23. The number of benzene rings is 1. The number of ether oxygens (including phenoxy) is 1. The van der Waals surface area contributed by atoms with E-state index in [1.54, 1.807) is 0 Å². The topological polar surface area (TPSA) is 26.3 Å². The highest BCUT2D eigenvalue weighted by molar-refractivity contribution is 14.1. The SMILES string of the molecule is CCOC(=O)C1CC1c1ccc(I)cc1. The summed E-state index contributed by atoms with van der Waals surface area (Å²) >= 11 is 2.28. The van der Waals surface area contributed by atoms with Gasteiger partial charge in [-0.2, -0.15) is 0 Å². The van der Waals surface area contributed by atoms with Crippen LogP contribution < -0.4 is 0 Å². The van der Waals surface area contributed by atoms with Crippen molar-refractivity contribution in [3.05, 3.63) is 33.4 Å². The van der Waals surface area contributed by atoms with Gasteiger partial charge in [0.25, 0.3) is 0 Å². The van der Waals surface area contributed by atoms with Gasteiger partial charge in [-0.15, -0.1) is 0 Å². The van der Waals surface area contributed by atoms with Gasteiger partial charge in [-0.25, -0.2) is 0 Å². The second-order valence-electron chi connectivity index (χ2n) is 3.75. The fourth-order valence-corrected chi connectivity index (χ4v) is 2.14. The maximum atomic E-state index is 11.4.